The Labute approximate surface area is 222 Å². The summed E-state index contributed by atoms with van der Waals surface area (Å²) >= 11 is 3.53. The monoisotopic (exact) mass is 537 g/mol. The number of hydrogen-bond acceptors (Lipinski definition) is 3. The van der Waals surface area contributed by atoms with Gasteiger partial charge in [0.05, 0.1) is 0 Å². The minimum atomic E-state index is 0.653. The van der Waals surface area contributed by atoms with Crippen LogP contribution in [0.4, 0.5) is 0 Å². The second-order valence-electron chi connectivity index (χ2n) is 9.03. The lowest BCUT2D eigenvalue weighted by Crippen LogP contribution is -2.00. The highest BCUT2D eigenvalue weighted by Crippen LogP contribution is 2.37. The highest BCUT2D eigenvalue weighted by atomic mass is 79.9. The molecule has 0 unspecified atom stereocenters. The first-order valence-corrected chi connectivity index (χ1v) is 12.9. The van der Waals surface area contributed by atoms with E-state index in [-0.39, 0.29) is 0 Å². The third-order valence-electron chi connectivity index (χ3n) is 6.77. The van der Waals surface area contributed by atoms with Gasteiger partial charge in [-0.05, 0) is 50.5 Å². The normalized spacial score (nSPS) is 11.4. The molecule has 7 rings (SSSR count). The van der Waals surface area contributed by atoms with E-state index < -0.39 is 0 Å². The maximum atomic E-state index is 4.94. The standard InChI is InChI=1S/C33H20BrN3/c34-24-17-14-22(15-18-24)32-35-31(21-8-2-1-3-9-21)36-33(37-32)23-16-19-29-27-12-5-4-10-25(27)26-11-6-7-13-28(26)30(29)20-23/h1-20H. The van der Waals surface area contributed by atoms with Crippen molar-refractivity contribution >= 4 is 48.2 Å². The maximum absolute atomic E-state index is 4.94. The summed E-state index contributed by atoms with van der Waals surface area (Å²) in [6.07, 6.45) is 0. The zero-order chi connectivity index (χ0) is 24.8. The Morgan fingerprint density at radius 3 is 1.32 bits per heavy atom. The smallest absolute Gasteiger partial charge is 0.164 e. The van der Waals surface area contributed by atoms with Gasteiger partial charge in [-0.1, -0.05) is 119 Å². The number of nitrogens with zero attached hydrogens (tertiary/aromatic N) is 3. The van der Waals surface area contributed by atoms with E-state index in [0.29, 0.717) is 17.5 Å². The molecule has 0 atom stereocenters. The summed E-state index contributed by atoms with van der Waals surface area (Å²) in [4.78, 5) is 14.7. The van der Waals surface area contributed by atoms with Gasteiger partial charge in [0.1, 0.15) is 0 Å². The van der Waals surface area contributed by atoms with Crippen LogP contribution in [0.2, 0.25) is 0 Å². The highest BCUT2D eigenvalue weighted by Gasteiger charge is 2.14. The van der Waals surface area contributed by atoms with Crippen molar-refractivity contribution in [2.24, 2.45) is 0 Å². The lowest BCUT2D eigenvalue weighted by Gasteiger charge is -2.12. The lowest BCUT2D eigenvalue weighted by atomic mass is 9.93. The summed E-state index contributed by atoms with van der Waals surface area (Å²) in [7, 11) is 0. The van der Waals surface area contributed by atoms with E-state index in [2.05, 4.69) is 82.7 Å². The second-order valence-corrected chi connectivity index (χ2v) is 9.95. The minimum Gasteiger partial charge on any atom is -0.208 e. The fraction of sp³-hybridized carbons (Fsp3) is 0. The number of fused-ring (bicyclic) bond motifs is 6. The molecule has 0 aliphatic heterocycles. The van der Waals surface area contributed by atoms with Gasteiger partial charge in [0.25, 0.3) is 0 Å². The summed E-state index contributed by atoms with van der Waals surface area (Å²) in [6.45, 7) is 0. The van der Waals surface area contributed by atoms with Crippen molar-refractivity contribution in [2.75, 3.05) is 0 Å². The van der Waals surface area contributed by atoms with E-state index in [0.717, 1.165) is 21.2 Å². The number of aromatic nitrogens is 3. The van der Waals surface area contributed by atoms with Crippen LogP contribution in [0.15, 0.2) is 126 Å². The summed E-state index contributed by atoms with van der Waals surface area (Å²) < 4.78 is 1.02. The van der Waals surface area contributed by atoms with Gasteiger partial charge in [0, 0.05) is 21.2 Å². The van der Waals surface area contributed by atoms with E-state index in [1.54, 1.807) is 0 Å². The Bertz CT molecular complexity index is 1900. The molecule has 0 aliphatic rings. The zero-order valence-electron chi connectivity index (χ0n) is 19.8. The molecule has 1 aromatic heterocycles. The third-order valence-corrected chi connectivity index (χ3v) is 7.30. The van der Waals surface area contributed by atoms with Gasteiger partial charge in [-0.15, -0.1) is 0 Å². The van der Waals surface area contributed by atoms with E-state index in [9.17, 15) is 0 Å². The first-order valence-electron chi connectivity index (χ1n) is 12.2. The molecule has 0 saturated heterocycles. The van der Waals surface area contributed by atoms with Crippen LogP contribution in [0, 0.1) is 0 Å². The van der Waals surface area contributed by atoms with Crippen LogP contribution < -0.4 is 0 Å². The van der Waals surface area contributed by atoms with E-state index in [1.165, 1.54) is 32.3 Å². The van der Waals surface area contributed by atoms with Crippen LogP contribution >= 0.6 is 15.9 Å². The van der Waals surface area contributed by atoms with E-state index >= 15 is 0 Å². The topological polar surface area (TPSA) is 38.7 Å². The summed E-state index contributed by atoms with van der Waals surface area (Å²) in [5, 5.41) is 7.41. The fourth-order valence-corrected chi connectivity index (χ4v) is 5.26. The largest absolute Gasteiger partial charge is 0.208 e. The van der Waals surface area contributed by atoms with Crippen molar-refractivity contribution in [3.63, 3.8) is 0 Å². The Kier molecular flexibility index (Phi) is 5.26. The van der Waals surface area contributed by atoms with Crippen molar-refractivity contribution in [3.05, 3.63) is 126 Å². The number of halogens is 1. The molecule has 0 fully saturated rings. The van der Waals surface area contributed by atoms with Crippen molar-refractivity contribution < 1.29 is 0 Å². The molecule has 0 amide bonds. The van der Waals surface area contributed by atoms with Crippen LogP contribution in [0.3, 0.4) is 0 Å². The molecule has 0 N–H and O–H groups in total. The lowest BCUT2D eigenvalue weighted by molar-refractivity contribution is 1.07. The third kappa shape index (κ3) is 3.87. The van der Waals surface area contributed by atoms with Gasteiger partial charge in [-0.3, -0.25) is 0 Å². The molecule has 0 spiro atoms. The fourth-order valence-electron chi connectivity index (χ4n) is 5.00. The molecule has 3 nitrogen and oxygen atoms in total. The van der Waals surface area contributed by atoms with Crippen LogP contribution in [0.5, 0.6) is 0 Å². The van der Waals surface area contributed by atoms with Crippen molar-refractivity contribution in [3.8, 4) is 34.2 Å². The van der Waals surface area contributed by atoms with Crippen LogP contribution in [0.25, 0.3) is 66.5 Å². The molecule has 0 saturated carbocycles. The molecule has 4 heteroatoms. The first kappa shape index (κ1) is 21.8. The Morgan fingerprint density at radius 2 is 0.757 bits per heavy atom. The highest BCUT2D eigenvalue weighted by molar-refractivity contribution is 9.10. The first-order chi connectivity index (χ1) is 18.2. The summed E-state index contributed by atoms with van der Waals surface area (Å²) in [5.41, 5.74) is 2.87. The van der Waals surface area contributed by atoms with E-state index in [4.69, 9.17) is 15.0 Å². The summed E-state index contributed by atoms with van der Waals surface area (Å²) in [5.74, 6) is 1.97. The second kappa shape index (κ2) is 8.91. The molecular weight excluding hydrogens is 518 g/mol. The van der Waals surface area contributed by atoms with Crippen LogP contribution in [-0.4, -0.2) is 15.0 Å². The van der Waals surface area contributed by atoms with Gasteiger partial charge in [0.2, 0.25) is 0 Å². The molecule has 0 radical (unpaired) electrons. The average molecular weight is 538 g/mol. The van der Waals surface area contributed by atoms with Gasteiger partial charge < -0.3 is 0 Å². The molecule has 6 aromatic carbocycles. The SMILES string of the molecule is Brc1ccc(-c2nc(-c3ccccc3)nc(-c3ccc4c5ccccc5c5ccccc5c4c3)n2)cc1. The Morgan fingerprint density at radius 1 is 0.351 bits per heavy atom. The number of hydrogen-bond donors (Lipinski definition) is 0. The molecule has 7 aromatic rings. The van der Waals surface area contributed by atoms with Crippen molar-refractivity contribution in [1.29, 1.82) is 0 Å². The predicted molar refractivity (Wildman–Crippen MR) is 156 cm³/mol. The molecule has 174 valence electrons. The molecule has 0 aliphatic carbocycles. The summed E-state index contributed by atoms with van der Waals surface area (Å²) in [6, 6.07) is 41.9. The van der Waals surface area contributed by atoms with Gasteiger partial charge in [-0.2, -0.15) is 0 Å². The maximum Gasteiger partial charge on any atom is 0.164 e. The van der Waals surface area contributed by atoms with Crippen molar-refractivity contribution in [2.45, 2.75) is 0 Å². The number of rotatable bonds is 3. The molecule has 1 heterocycles. The zero-order valence-corrected chi connectivity index (χ0v) is 21.4. The quantitative estimate of drug-likeness (QED) is 0.211. The van der Waals surface area contributed by atoms with Crippen LogP contribution in [0.1, 0.15) is 0 Å². The van der Waals surface area contributed by atoms with Crippen LogP contribution in [-0.2, 0) is 0 Å². The average Bonchev–Trinajstić information content (AvgIpc) is 2.98. The molecule has 37 heavy (non-hydrogen) atoms. The van der Waals surface area contributed by atoms with E-state index in [1.807, 2.05) is 54.6 Å². The van der Waals surface area contributed by atoms with Gasteiger partial charge in [0.15, 0.2) is 17.5 Å². The van der Waals surface area contributed by atoms with Gasteiger partial charge >= 0.3 is 0 Å². The Hall–Kier alpha value is -4.41. The van der Waals surface area contributed by atoms with Crippen molar-refractivity contribution in [1.82, 2.24) is 15.0 Å². The molecular formula is C33H20BrN3. The molecule has 0 bridgehead atoms. The predicted octanol–water partition coefficient (Wildman–Crippen LogP) is 9.09. The Balaban J connectivity index is 1.50. The minimum absolute atomic E-state index is 0.653. The van der Waals surface area contributed by atoms with Gasteiger partial charge in [-0.25, -0.2) is 15.0 Å². The number of benzene rings is 6.